The molecule has 25 heavy (non-hydrogen) atoms. The number of carbonyl (C=O) groups is 2. The van der Waals surface area contributed by atoms with Gasteiger partial charge in [-0.25, -0.2) is 0 Å². The molecule has 1 atom stereocenters. The summed E-state index contributed by atoms with van der Waals surface area (Å²) in [6, 6.07) is 16.8. The normalized spacial score (nSPS) is 12.3. The predicted molar refractivity (Wildman–Crippen MR) is 100.0 cm³/mol. The van der Waals surface area contributed by atoms with E-state index in [4.69, 9.17) is 4.74 Å². The van der Waals surface area contributed by atoms with Crippen molar-refractivity contribution < 1.29 is 14.3 Å². The third kappa shape index (κ3) is 5.28. The van der Waals surface area contributed by atoms with Gasteiger partial charge in [0.05, 0.1) is 5.92 Å². The van der Waals surface area contributed by atoms with Crippen LogP contribution in [0.15, 0.2) is 73.0 Å². The second kappa shape index (κ2) is 8.78. The Balaban J connectivity index is 2.42. The molecule has 0 aliphatic heterocycles. The molecule has 2 rings (SSSR count). The van der Waals surface area contributed by atoms with Crippen molar-refractivity contribution in [1.82, 2.24) is 0 Å². The lowest BCUT2D eigenvalue weighted by Gasteiger charge is -2.18. The molecule has 0 saturated carbocycles. The van der Waals surface area contributed by atoms with E-state index < -0.39 is 11.9 Å². The fourth-order valence-corrected chi connectivity index (χ4v) is 2.52. The van der Waals surface area contributed by atoms with Crippen molar-refractivity contribution in [3.05, 3.63) is 89.7 Å². The first-order valence-corrected chi connectivity index (χ1v) is 8.18. The van der Waals surface area contributed by atoms with E-state index in [0.717, 1.165) is 11.1 Å². The molecular formula is C22H22O3. The maximum absolute atomic E-state index is 13.0. The van der Waals surface area contributed by atoms with Crippen LogP contribution < -0.4 is 0 Å². The van der Waals surface area contributed by atoms with Gasteiger partial charge in [-0.3, -0.25) is 9.59 Å². The maximum Gasteiger partial charge on any atom is 0.307 e. The minimum atomic E-state index is -0.593. The van der Waals surface area contributed by atoms with Gasteiger partial charge in [-0.1, -0.05) is 66.2 Å². The Hall–Kier alpha value is -2.94. The molecule has 0 spiro atoms. The summed E-state index contributed by atoms with van der Waals surface area (Å²) in [5.74, 6) is -0.801. The number of carbonyl (C=O) groups excluding carboxylic acids is 2. The number of ether oxygens (including phenoxy) is 1. The van der Waals surface area contributed by atoms with Gasteiger partial charge in [0.25, 0.3) is 0 Å². The smallest absolute Gasteiger partial charge is 0.307 e. The topological polar surface area (TPSA) is 43.4 Å². The number of hydrogen-bond donors (Lipinski definition) is 0. The summed E-state index contributed by atoms with van der Waals surface area (Å²) in [7, 11) is 0. The van der Waals surface area contributed by atoms with Crippen molar-refractivity contribution in [2.45, 2.75) is 20.3 Å². The van der Waals surface area contributed by atoms with Crippen LogP contribution in [0.3, 0.4) is 0 Å². The Morgan fingerprint density at radius 1 is 1.08 bits per heavy atom. The zero-order valence-electron chi connectivity index (χ0n) is 14.6. The average molecular weight is 334 g/mol. The SMILES string of the molecule is C=CCC(C(=O)c1ccc(C)cc1)/C(=C/c1ccccc1)OC(C)=O. The quantitative estimate of drug-likeness (QED) is 0.311. The van der Waals surface area contributed by atoms with Crippen LogP contribution >= 0.6 is 0 Å². The van der Waals surface area contributed by atoms with Gasteiger partial charge >= 0.3 is 5.97 Å². The minimum Gasteiger partial charge on any atom is -0.430 e. The number of rotatable bonds is 7. The molecule has 0 aliphatic rings. The van der Waals surface area contributed by atoms with Gasteiger partial charge in [-0.2, -0.15) is 0 Å². The van der Waals surface area contributed by atoms with E-state index in [1.54, 1.807) is 24.3 Å². The summed E-state index contributed by atoms with van der Waals surface area (Å²) in [6.07, 6.45) is 3.79. The van der Waals surface area contributed by atoms with Crippen LogP contribution in [-0.4, -0.2) is 11.8 Å². The summed E-state index contributed by atoms with van der Waals surface area (Å²) >= 11 is 0. The van der Waals surface area contributed by atoms with Gasteiger partial charge in [0.2, 0.25) is 0 Å². The van der Waals surface area contributed by atoms with Crippen LogP contribution in [0.1, 0.15) is 34.8 Å². The van der Waals surface area contributed by atoms with E-state index in [9.17, 15) is 9.59 Å². The highest BCUT2D eigenvalue weighted by atomic mass is 16.5. The molecule has 2 aromatic carbocycles. The monoisotopic (exact) mass is 334 g/mol. The number of ketones is 1. The Morgan fingerprint density at radius 3 is 2.28 bits per heavy atom. The third-order valence-electron chi connectivity index (χ3n) is 3.77. The van der Waals surface area contributed by atoms with Gasteiger partial charge in [-0.15, -0.1) is 6.58 Å². The van der Waals surface area contributed by atoms with E-state index in [1.807, 2.05) is 49.4 Å². The van der Waals surface area contributed by atoms with E-state index in [-0.39, 0.29) is 5.78 Å². The van der Waals surface area contributed by atoms with Gasteiger partial charge in [0.15, 0.2) is 5.78 Å². The van der Waals surface area contributed by atoms with Crippen molar-refractivity contribution in [3.63, 3.8) is 0 Å². The second-order valence-electron chi connectivity index (χ2n) is 5.86. The molecule has 1 unspecified atom stereocenters. The molecule has 0 heterocycles. The molecule has 0 aliphatic carbocycles. The van der Waals surface area contributed by atoms with Gasteiger partial charge in [0.1, 0.15) is 5.76 Å². The Kier molecular flexibility index (Phi) is 6.47. The fraction of sp³-hybridized carbons (Fsp3) is 0.182. The Labute approximate surface area is 148 Å². The average Bonchev–Trinajstić information content (AvgIpc) is 2.60. The largest absolute Gasteiger partial charge is 0.430 e. The molecule has 0 radical (unpaired) electrons. The lowest BCUT2D eigenvalue weighted by Crippen LogP contribution is -2.20. The van der Waals surface area contributed by atoms with Crippen LogP contribution in [0.4, 0.5) is 0 Å². The van der Waals surface area contributed by atoms with Crippen molar-refractivity contribution in [3.8, 4) is 0 Å². The van der Waals surface area contributed by atoms with E-state index in [0.29, 0.717) is 17.7 Å². The van der Waals surface area contributed by atoms with E-state index >= 15 is 0 Å². The molecule has 3 heteroatoms. The molecule has 0 amide bonds. The number of aryl methyl sites for hydroxylation is 1. The van der Waals surface area contributed by atoms with Crippen LogP contribution in [0.2, 0.25) is 0 Å². The van der Waals surface area contributed by atoms with Crippen LogP contribution in [-0.2, 0) is 9.53 Å². The predicted octanol–water partition coefficient (Wildman–Crippen LogP) is 4.97. The van der Waals surface area contributed by atoms with E-state index in [1.165, 1.54) is 6.92 Å². The summed E-state index contributed by atoms with van der Waals surface area (Å²) in [5, 5.41) is 0. The first-order valence-electron chi connectivity index (χ1n) is 8.18. The minimum absolute atomic E-state index is 0.0941. The molecular weight excluding hydrogens is 312 g/mol. The molecule has 3 nitrogen and oxygen atoms in total. The van der Waals surface area contributed by atoms with Gasteiger partial charge in [0, 0.05) is 12.5 Å². The molecule has 0 N–H and O–H groups in total. The Bertz CT molecular complexity index is 771. The van der Waals surface area contributed by atoms with E-state index in [2.05, 4.69) is 6.58 Å². The molecule has 0 fully saturated rings. The first-order chi connectivity index (χ1) is 12.0. The number of hydrogen-bond acceptors (Lipinski definition) is 3. The highest BCUT2D eigenvalue weighted by Crippen LogP contribution is 2.25. The van der Waals surface area contributed by atoms with Gasteiger partial charge in [-0.05, 0) is 25.0 Å². The highest BCUT2D eigenvalue weighted by Gasteiger charge is 2.25. The highest BCUT2D eigenvalue weighted by molar-refractivity contribution is 6.00. The first kappa shape index (κ1) is 18.4. The number of allylic oxidation sites excluding steroid dienone is 2. The number of Topliss-reactive ketones (excluding diaryl/α,β-unsaturated/α-hetero) is 1. The van der Waals surface area contributed by atoms with Crippen LogP contribution in [0.5, 0.6) is 0 Å². The van der Waals surface area contributed by atoms with Gasteiger partial charge < -0.3 is 4.74 Å². The molecule has 0 aromatic heterocycles. The molecule has 0 bridgehead atoms. The number of esters is 1. The fourth-order valence-electron chi connectivity index (χ4n) is 2.52. The summed E-state index contributed by atoms with van der Waals surface area (Å²) in [6.45, 7) is 7.04. The summed E-state index contributed by atoms with van der Waals surface area (Å²) < 4.78 is 5.39. The zero-order chi connectivity index (χ0) is 18.2. The summed E-state index contributed by atoms with van der Waals surface area (Å²) in [4.78, 5) is 24.5. The molecule has 2 aromatic rings. The summed E-state index contributed by atoms with van der Waals surface area (Å²) in [5.41, 5.74) is 2.53. The van der Waals surface area contributed by atoms with Crippen molar-refractivity contribution in [2.24, 2.45) is 5.92 Å². The zero-order valence-corrected chi connectivity index (χ0v) is 14.6. The molecule has 0 saturated heterocycles. The van der Waals surface area contributed by atoms with Crippen molar-refractivity contribution in [2.75, 3.05) is 0 Å². The van der Waals surface area contributed by atoms with Crippen molar-refractivity contribution in [1.29, 1.82) is 0 Å². The van der Waals surface area contributed by atoms with Crippen LogP contribution in [0.25, 0.3) is 6.08 Å². The lowest BCUT2D eigenvalue weighted by atomic mass is 9.91. The van der Waals surface area contributed by atoms with Crippen molar-refractivity contribution >= 4 is 17.8 Å². The number of benzene rings is 2. The second-order valence-corrected chi connectivity index (χ2v) is 5.86. The Morgan fingerprint density at radius 2 is 1.72 bits per heavy atom. The maximum atomic E-state index is 13.0. The molecule has 128 valence electrons. The lowest BCUT2D eigenvalue weighted by molar-refractivity contribution is -0.137. The van der Waals surface area contributed by atoms with Crippen LogP contribution in [0, 0.1) is 12.8 Å². The standard InChI is InChI=1S/C22H22O3/c1-4-8-20(22(24)19-13-11-16(2)12-14-19)21(25-17(3)23)15-18-9-6-5-7-10-18/h4-7,9-15,20H,1,8H2,2-3H3/b21-15-. The third-order valence-corrected chi connectivity index (χ3v) is 3.77.